The van der Waals surface area contributed by atoms with E-state index in [2.05, 4.69) is 41.5 Å². The zero-order valence-corrected chi connectivity index (χ0v) is 28.6. The van der Waals surface area contributed by atoms with Crippen LogP contribution in [0.25, 0.3) is 0 Å². The minimum Gasteiger partial charge on any atom is -0.393 e. The van der Waals surface area contributed by atoms with Gasteiger partial charge in [-0.05, 0) is 76.0 Å². The van der Waals surface area contributed by atoms with Gasteiger partial charge in [0.2, 0.25) is 0 Å². The molecule has 0 aromatic carbocycles. The molecule has 0 aliphatic carbocycles. The van der Waals surface area contributed by atoms with E-state index < -0.39 is 0 Å². The first-order valence-electron chi connectivity index (χ1n) is 18.1. The van der Waals surface area contributed by atoms with Gasteiger partial charge in [0, 0.05) is 13.2 Å². The number of hydrogen-bond acceptors (Lipinski definition) is 5. The van der Waals surface area contributed by atoms with Crippen LogP contribution >= 0.6 is 0 Å². The van der Waals surface area contributed by atoms with Gasteiger partial charge in [0.05, 0.1) is 12.2 Å². The molecule has 248 valence electrons. The third-order valence-electron chi connectivity index (χ3n) is 8.35. The number of aliphatic hydroxyl groups is 2. The van der Waals surface area contributed by atoms with Crippen molar-refractivity contribution in [2.45, 2.75) is 208 Å². The normalized spacial score (nSPS) is 16.4. The van der Waals surface area contributed by atoms with Crippen LogP contribution in [0.3, 0.4) is 0 Å². The second-order valence-electron chi connectivity index (χ2n) is 13.0. The molecule has 0 bridgehead atoms. The zero-order chi connectivity index (χ0) is 30.6. The lowest BCUT2D eigenvalue weighted by Crippen LogP contribution is -2.28. The Labute approximate surface area is 256 Å². The van der Waals surface area contributed by atoms with Crippen LogP contribution in [-0.2, 0) is 14.2 Å². The van der Waals surface area contributed by atoms with Gasteiger partial charge in [-0.2, -0.15) is 0 Å². The summed E-state index contributed by atoms with van der Waals surface area (Å²) in [5.74, 6) is 1.50. The SMILES string of the molecule is CCCC(C)CCCC(OCCCCCC(O)CCC)OC(CCCC(C)CCC)OCCCCCC(O)CCC. The number of hydrogen-bond donors (Lipinski definition) is 2. The summed E-state index contributed by atoms with van der Waals surface area (Å²) in [6.45, 7) is 14.9. The zero-order valence-electron chi connectivity index (χ0n) is 28.6. The van der Waals surface area contributed by atoms with Gasteiger partial charge < -0.3 is 24.4 Å². The second-order valence-corrected chi connectivity index (χ2v) is 13.0. The highest BCUT2D eigenvalue weighted by Gasteiger charge is 2.19. The van der Waals surface area contributed by atoms with Crippen LogP contribution < -0.4 is 0 Å². The largest absolute Gasteiger partial charge is 0.393 e. The van der Waals surface area contributed by atoms with Gasteiger partial charge in [-0.25, -0.2) is 0 Å². The van der Waals surface area contributed by atoms with Gasteiger partial charge in [-0.1, -0.05) is 119 Å². The Bertz CT molecular complexity index is 472. The Hall–Kier alpha value is -0.200. The lowest BCUT2D eigenvalue weighted by Gasteiger charge is -2.26. The smallest absolute Gasteiger partial charge is 0.160 e. The van der Waals surface area contributed by atoms with E-state index in [1.165, 1.54) is 38.5 Å². The summed E-state index contributed by atoms with van der Waals surface area (Å²) in [5, 5.41) is 20.0. The van der Waals surface area contributed by atoms with Gasteiger partial charge in [0.15, 0.2) is 12.6 Å². The molecule has 0 spiro atoms. The minimum absolute atomic E-state index is 0.151. The third kappa shape index (κ3) is 27.1. The number of rotatable bonds is 32. The molecule has 0 amide bonds. The maximum absolute atomic E-state index is 10.00. The lowest BCUT2D eigenvalue weighted by molar-refractivity contribution is -0.250. The van der Waals surface area contributed by atoms with Crippen molar-refractivity contribution >= 4 is 0 Å². The van der Waals surface area contributed by atoms with Crippen LogP contribution in [0.5, 0.6) is 0 Å². The van der Waals surface area contributed by atoms with Gasteiger partial charge >= 0.3 is 0 Å². The Morgan fingerprint density at radius 3 is 1.17 bits per heavy atom. The summed E-state index contributed by atoms with van der Waals surface area (Å²) in [6.07, 6.45) is 22.9. The summed E-state index contributed by atoms with van der Waals surface area (Å²) in [7, 11) is 0. The standard InChI is InChI=1S/C36H74O5/c1-7-19-31(5)23-17-27-35(39-29-15-11-13-25-33(37)21-9-3)41-36(28-18-24-32(6)20-8-2)40-30-16-12-14-26-34(38)22-10-4/h31-38H,7-30H2,1-6H3. The first kappa shape index (κ1) is 40.8. The Morgan fingerprint density at radius 1 is 0.415 bits per heavy atom. The van der Waals surface area contributed by atoms with Crippen LogP contribution in [0.15, 0.2) is 0 Å². The molecule has 0 aliphatic rings. The molecule has 41 heavy (non-hydrogen) atoms. The topological polar surface area (TPSA) is 68.2 Å². The molecule has 5 heteroatoms. The van der Waals surface area contributed by atoms with Crippen LogP contribution in [0.2, 0.25) is 0 Å². The van der Waals surface area contributed by atoms with E-state index in [1.54, 1.807) is 0 Å². The first-order chi connectivity index (χ1) is 19.9. The van der Waals surface area contributed by atoms with Crippen molar-refractivity contribution in [3.8, 4) is 0 Å². The molecule has 0 rings (SSSR count). The van der Waals surface area contributed by atoms with Crippen molar-refractivity contribution in [1.82, 2.24) is 0 Å². The predicted molar refractivity (Wildman–Crippen MR) is 175 cm³/mol. The molecule has 2 N–H and O–H groups in total. The van der Waals surface area contributed by atoms with Crippen molar-refractivity contribution in [2.24, 2.45) is 11.8 Å². The van der Waals surface area contributed by atoms with Crippen molar-refractivity contribution in [2.75, 3.05) is 13.2 Å². The second kappa shape index (κ2) is 29.9. The maximum Gasteiger partial charge on any atom is 0.160 e. The number of aliphatic hydroxyl groups excluding tert-OH is 2. The third-order valence-corrected chi connectivity index (χ3v) is 8.35. The average molecular weight is 587 g/mol. The highest BCUT2D eigenvalue weighted by Crippen LogP contribution is 2.21. The van der Waals surface area contributed by atoms with Crippen LogP contribution in [0.4, 0.5) is 0 Å². The van der Waals surface area contributed by atoms with Gasteiger partial charge in [-0.15, -0.1) is 0 Å². The predicted octanol–water partition coefficient (Wildman–Crippen LogP) is 10.3. The fourth-order valence-corrected chi connectivity index (χ4v) is 5.79. The minimum atomic E-state index is -0.211. The van der Waals surface area contributed by atoms with E-state index in [9.17, 15) is 10.2 Å². The van der Waals surface area contributed by atoms with E-state index in [1.807, 2.05) is 0 Å². The summed E-state index contributed by atoms with van der Waals surface area (Å²) in [5.41, 5.74) is 0. The molecular weight excluding hydrogens is 512 g/mol. The molecule has 0 saturated carbocycles. The highest BCUT2D eigenvalue weighted by atomic mass is 16.8. The lowest BCUT2D eigenvalue weighted by atomic mass is 9.99. The highest BCUT2D eigenvalue weighted by molar-refractivity contribution is 4.60. The van der Waals surface area contributed by atoms with Crippen LogP contribution in [0.1, 0.15) is 183 Å². The van der Waals surface area contributed by atoms with Crippen molar-refractivity contribution in [1.29, 1.82) is 0 Å². The quantitative estimate of drug-likeness (QED) is 0.0606. The molecule has 0 aromatic rings. The number of unbranched alkanes of at least 4 members (excludes halogenated alkanes) is 4. The molecule has 0 heterocycles. The summed E-state index contributed by atoms with van der Waals surface area (Å²) >= 11 is 0. The van der Waals surface area contributed by atoms with Gasteiger partial charge in [0.25, 0.3) is 0 Å². The molecule has 0 aliphatic heterocycles. The van der Waals surface area contributed by atoms with E-state index >= 15 is 0 Å². The van der Waals surface area contributed by atoms with Crippen LogP contribution in [0, 0.1) is 11.8 Å². The average Bonchev–Trinajstić information content (AvgIpc) is 2.92. The summed E-state index contributed by atoms with van der Waals surface area (Å²) in [4.78, 5) is 0. The van der Waals surface area contributed by atoms with Crippen molar-refractivity contribution < 1.29 is 24.4 Å². The monoisotopic (exact) mass is 587 g/mol. The Morgan fingerprint density at radius 2 is 0.805 bits per heavy atom. The van der Waals surface area contributed by atoms with Gasteiger partial charge in [0.1, 0.15) is 0 Å². The fourth-order valence-electron chi connectivity index (χ4n) is 5.79. The fraction of sp³-hybridized carbons (Fsp3) is 1.00. The van der Waals surface area contributed by atoms with Crippen molar-refractivity contribution in [3.05, 3.63) is 0 Å². The van der Waals surface area contributed by atoms with E-state index in [4.69, 9.17) is 14.2 Å². The Kier molecular flexibility index (Phi) is 29.7. The maximum atomic E-state index is 10.00. The summed E-state index contributed by atoms with van der Waals surface area (Å²) < 4.78 is 19.2. The summed E-state index contributed by atoms with van der Waals surface area (Å²) in [6, 6.07) is 0. The molecule has 6 unspecified atom stereocenters. The molecule has 0 saturated heterocycles. The molecular formula is C36H74O5. The first-order valence-corrected chi connectivity index (χ1v) is 18.1. The van der Waals surface area contributed by atoms with Crippen LogP contribution in [-0.4, -0.2) is 48.2 Å². The van der Waals surface area contributed by atoms with E-state index in [0.29, 0.717) is 13.2 Å². The Balaban J connectivity index is 4.85. The molecule has 0 fully saturated rings. The van der Waals surface area contributed by atoms with E-state index in [-0.39, 0.29) is 24.8 Å². The van der Waals surface area contributed by atoms with Crippen molar-refractivity contribution in [3.63, 3.8) is 0 Å². The van der Waals surface area contributed by atoms with Gasteiger partial charge in [-0.3, -0.25) is 0 Å². The van der Waals surface area contributed by atoms with E-state index in [0.717, 1.165) is 115 Å². The number of ether oxygens (including phenoxy) is 3. The molecule has 5 nitrogen and oxygen atoms in total. The molecule has 6 atom stereocenters. The molecule has 0 aromatic heterocycles. The molecule has 0 radical (unpaired) electrons.